The lowest BCUT2D eigenvalue weighted by Crippen LogP contribution is -2.26. The Kier molecular flexibility index (Phi) is 5.05. The van der Waals surface area contributed by atoms with Gasteiger partial charge in [0.2, 0.25) is 0 Å². The molecule has 3 nitrogen and oxygen atoms in total. The van der Waals surface area contributed by atoms with Gasteiger partial charge in [0.05, 0.1) is 10.9 Å². The summed E-state index contributed by atoms with van der Waals surface area (Å²) >= 11 is 5.77. The van der Waals surface area contributed by atoms with E-state index in [9.17, 15) is 13.2 Å². The van der Waals surface area contributed by atoms with Crippen molar-refractivity contribution < 1.29 is 13.2 Å². The van der Waals surface area contributed by atoms with E-state index in [1.807, 2.05) is 0 Å². The van der Waals surface area contributed by atoms with Crippen LogP contribution in [0.3, 0.4) is 0 Å². The maximum absolute atomic E-state index is 12.5. The first-order chi connectivity index (χ1) is 10.8. The van der Waals surface area contributed by atoms with Gasteiger partial charge in [0.25, 0.3) is 0 Å². The van der Waals surface area contributed by atoms with Crippen molar-refractivity contribution in [3.63, 3.8) is 0 Å². The van der Waals surface area contributed by atoms with E-state index in [-0.39, 0.29) is 5.82 Å². The molecule has 2 aromatic rings. The van der Waals surface area contributed by atoms with Crippen molar-refractivity contribution in [1.82, 2.24) is 9.97 Å². The van der Waals surface area contributed by atoms with Gasteiger partial charge in [-0.2, -0.15) is 13.2 Å². The molecule has 0 aliphatic carbocycles. The highest BCUT2D eigenvalue weighted by molar-refractivity contribution is 6.29. The van der Waals surface area contributed by atoms with Gasteiger partial charge in [0.15, 0.2) is 0 Å². The van der Waals surface area contributed by atoms with Crippen LogP contribution < -0.4 is 15.9 Å². The van der Waals surface area contributed by atoms with Gasteiger partial charge < -0.3 is 5.32 Å². The Labute approximate surface area is 135 Å². The van der Waals surface area contributed by atoms with Crippen molar-refractivity contribution >= 4 is 35.9 Å². The second-order valence-electron chi connectivity index (χ2n) is 4.72. The summed E-state index contributed by atoms with van der Waals surface area (Å²) in [6.07, 6.45) is -0.257. The summed E-state index contributed by atoms with van der Waals surface area (Å²) < 4.78 is 37.5. The monoisotopic (exact) mass is 339 g/mol. The van der Waals surface area contributed by atoms with Gasteiger partial charge in [-0.25, -0.2) is 9.97 Å². The van der Waals surface area contributed by atoms with Crippen LogP contribution in [0.1, 0.15) is 12.5 Å². The number of nitrogens with one attached hydrogen (secondary N) is 1. The molecule has 0 saturated heterocycles. The fourth-order valence-electron chi connectivity index (χ4n) is 1.68. The van der Waals surface area contributed by atoms with Crippen molar-refractivity contribution in [2.24, 2.45) is 0 Å². The van der Waals surface area contributed by atoms with Gasteiger partial charge in [-0.1, -0.05) is 18.2 Å². The van der Waals surface area contributed by atoms with Gasteiger partial charge >= 0.3 is 6.18 Å². The van der Waals surface area contributed by atoms with Crippen LogP contribution in [0.2, 0.25) is 0 Å². The Morgan fingerprint density at radius 3 is 2.48 bits per heavy atom. The smallest absolute Gasteiger partial charge is 0.325 e. The quantitative estimate of drug-likeness (QED) is 0.929. The molecular formula is C16H13ClF3N3. The zero-order chi connectivity index (χ0) is 17.0. The summed E-state index contributed by atoms with van der Waals surface area (Å²) in [4.78, 5) is 8.05. The van der Waals surface area contributed by atoms with Crippen LogP contribution in [-0.4, -0.2) is 9.97 Å². The molecule has 2 aromatic heterocycles. The molecule has 7 heteroatoms. The maximum atomic E-state index is 12.5. The Bertz CT molecular complexity index is 823. The summed E-state index contributed by atoms with van der Waals surface area (Å²) in [6, 6.07) is 5.60. The lowest BCUT2D eigenvalue weighted by atomic mass is 10.3. The molecule has 0 radical (unpaired) electrons. The molecule has 0 fully saturated rings. The van der Waals surface area contributed by atoms with E-state index < -0.39 is 11.7 Å². The molecule has 0 amide bonds. The summed E-state index contributed by atoms with van der Waals surface area (Å²) in [5.41, 5.74) is -0.805. The lowest BCUT2D eigenvalue weighted by Gasteiger charge is -2.08. The Balaban J connectivity index is 2.27. The molecule has 2 rings (SSSR count). The number of alkyl halides is 3. The highest BCUT2D eigenvalue weighted by Crippen LogP contribution is 2.29. The van der Waals surface area contributed by atoms with Crippen LogP contribution in [0.5, 0.6) is 0 Å². The number of rotatable bonds is 3. The third-order valence-electron chi connectivity index (χ3n) is 2.83. The lowest BCUT2D eigenvalue weighted by molar-refractivity contribution is -0.137. The summed E-state index contributed by atoms with van der Waals surface area (Å²) in [5.74, 6) is 0.703. The highest BCUT2D eigenvalue weighted by atomic mass is 35.5. The predicted octanol–water partition coefficient (Wildman–Crippen LogP) is 3.57. The first kappa shape index (κ1) is 17.0. The molecular weight excluding hydrogens is 327 g/mol. The van der Waals surface area contributed by atoms with Gasteiger partial charge in [0, 0.05) is 11.2 Å². The third kappa shape index (κ3) is 4.82. The van der Waals surface area contributed by atoms with E-state index >= 15 is 0 Å². The van der Waals surface area contributed by atoms with Gasteiger partial charge in [-0.3, -0.25) is 0 Å². The number of hydrogen-bond donors (Lipinski definition) is 1. The number of aromatic nitrogens is 2. The summed E-state index contributed by atoms with van der Waals surface area (Å²) in [6.45, 7) is 5.58. The number of pyridine rings is 2. The van der Waals surface area contributed by atoms with Crippen LogP contribution in [0.15, 0.2) is 41.6 Å². The fourth-order valence-corrected chi connectivity index (χ4v) is 1.74. The topological polar surface area (TPSA) is 37.8 Å². The van der Waals surface area contributed by atoms with E-state index in [4.69, 9.17) is 11.6 Å². The number of allylic oxidation sites excluding steroid dienone is 2. The van der Waals surface area contributed by atoms with E-state index in [1.165, 1.54) is 6.07 Å². The molecule has 120 valence electrons. The van der Waals surface area contributed by atoms with Crippen LogP contribution in [0, 0.1) is 0 Å². The normalized spacial score (nSPS) is 13.3. The summed E-state index contributed by atoms with van der Waals surface area (Å²) in [5, 5.41) is 4.74. The Morgan fingerprint density at radius 1 is 1.22 bits per heavy atom. The van der Waals surface area contributed by atoms with Crippen molar-refractivity contribution in [3.8, 4) is 0 Å². The molecule has 0 aliphatic heterocycles. The molecule has 0 unspecified atom stereocenters. The first-order valence-electron chi connectivity index (χ1n) is 6.56. The second-order valence-corrected chi connectivity index (χ2v) is 5.31. The average Bonchev–Trinajstić information content (AvgIpc) is 2.47. The minimum absolute atomic E-state index is 0.261. The fraction of sp³-hybridized carbons (Fsp3) is 0.125. The Hall–Kier alpha value is -2.34. The Morgan fingerprint density at radius 2 is 1.91 bits per heavy atom. The largest absolute Gasteiger partial charge is 0.417 e. The summed E-state index contributed by atoms with van der Waals surface area (Å²) in [7, 11) is 0. The first-order valence-corrected chi connectivity index (χ1v) is 6.94. The van der Waals surface area contributed by atoms with Gasteiger partial charge in [0.1, 0.15) is 11.6 Å². The van der Waals surface area contributed by atoms with E-state index in [0.29, 0.717) is 21.4 Å². The van der Waals surface area contributed by atoms with Crippen LogP contribution in [-0.2, 0) is 6.18 Å². The molecule has 0 aliphatic rings. The van der Waals surface area contributed by atoms with Crippen LogP contribution in [0.4, 0.5) is 24.8 Å². The van der Waals surface area contributed by atoms with E-state index in [0.717, 1.165) is 12.3 Å². The maximum Gasteiger partial charge on any atom is 0.417 e. The number of anilines is 2. The van der Waals surface area contributed by atoms with Crippen molar-refractivity contribution in [3.05, 3.63) is 57.7 Å². The zero-order valence-electron chi connectivity index (χ0n) is 12.2. The molecule has 0 aromatic carbocycles. The van der Waals surface area contributed by atoms with E-state index in [2.05, 4.69) is 21.9 Å². The molecule has 1 N–H and O–H groups in total. The SMILES string of the molecule is C=c1ccc(Nc2ccc(C(F)(F)F)cn2)n/c1=C/C=C(\C)Cl. The minimum atomic E-state index is -4.41. The van der Waals surface area contributed by atoms with Crippen molar-refractivity contribution in [2.45, 2.75) is 13.1 Å². The third-order valence-corrected chi connectivity index (χ3v) is 2.96. The highest BCUT2D eigenvalue weighted by Gasteiger charge is 2.30. The molecule has 0 saturated carbocycles. The molecule has 23 heavy (non-hydrogen) atoms. The number of halogens is 4. The molecule has 0 bridgehead atoms. The van der Waals surface area contributed by atoms with Crippen molar-refractivity contribution in [2.75, 3.05) is 5.32 Å². The number of hydrogen-bond acceptors (Lipinski definition) is 3. The minimum Gasteiger partial charge on any atom is -0.325 e. The molecule has 0 spiro atoms. The number of nitrogens with zero attached hydrogens (tertiary/aromatic N) is 2. The molecule has 2 heterocycles. The van der Waals surface area contributed by atoms with Crippen LogP contribution >= 0.6 is 11.6 Å². The second kappa shape index (κ2) is 6.83. The van der Waals surface area contributed by atoms with Gasteiger partial charge in [-0.15, -0.1) is 0 Å². The van der Waals surface area contributed by atoms with Crippen LogP contribution in [0.25, 0.3) is 12.7 Å². The van der Waals surface area contributed by atoms with Crippen molar-refractivity contribution in [1.29, 1.82) is 0 Å². The van der Waals surface area contributed by atoms with E-state index in [1.54, 1.807) is 31.2 Å². The zero-order valence-corrected chi connectivity index (χ0v) is 12.9. The molecule has 0 atom stereocenters. The van der Waals surface area contributed by atoms with Gasteiger partial charge in [-0.05, 0) is 48.6 Å². The average molecular weight is 340 g/mol. The standard InChI is InChI=1S/C16H13ClF3N3/c1-10-3-7-15(22-13(10)6-4-11(2)17)23-14-8-5-12(9-21-14)16(18,19)20/h3-9H,1H2,2H3,(H,21,22,23)/b11-4+,13-6+. The predicted molar refractivity (Wildman–Crippen MR) is 85.6 cm³/mol.